The zero-order valence-corrected chi connectivity index (χ0v) is 5.73. The molecule has 0 saturated carbocycles. The molecule has 3 heteroatoms. The van der Waals surface area contributed by atoms with Gasteiger partial charge in [0.1, 0.15) is 0 Å². The molecule has 0 heterocycles. The zero-order valence-electron chi connectivity index (χ0n) is 3.05. The second-order valence-electron chi connectivity index (χ2n) is 0.689. The Morgan fingerprint density at radius 3 is 2.20 bits per heavy atom. The van der Waals surface area contributed by atoms with Crippen LogP contribution >= 0.6 is 26.8 Å². The van der Waals surface area contributed by atoms with Gasteiger partial charge in [-0.05, 0) is 0 Å². The van der Waals surface area contributed by atoms with Gasteiger partial charge in [0.15, 0.2) is 0 Å². The second kappa shape index (κ2) is 3.28. The number of rotatable bonds is 0. The van der Waals surface area contributed by atoms with Crippen molar-refractivity contribution in [2.45, 2.75) is 6.92 Å². The zero-order chi connectivity index (χ0) is 4.28. The number of thiol groups is 1. The summed E-state index contributed by atoms with van der Waals surface area (Å²) < 4.78 is 0. The van der Waals surface area contributed by atoms with E-state index in [0.29, 0.717) is 0 Å². The van der Waals surface area contributed by atoms with Gasteiger partial charge >= 0.3 is 39.9 Å². The third-order valence-corrected chi connectivity index (χ3v) is 2.55. The molecule has 0 aliphatic carbocycles. The van der Waals surface area contributed by atoms with Gasteiger partial charge in [-0.2, -0.15) is 0 Å². The Hall–Kier alpha value is 1.08. The first kappa shape index (κ1) is 6.08. The third-order valence-electron chi connectivity index (χ3n) is 0.283. The molecule has 0 bridgehead atoms. The Morgan fingerprint density at radius 2 is 2.20 bits per heavy atom. The van der Waals surface area contributed by atoms with Gasteiger partial charge < -0.3 is 0 Å². The van der Waals surface area contributed by atoms with E-state index in [-0.39, 0.29) is 6.23 Å². The van der Waals surface area contributed by atoms with Crippen molar-refractivity contribution in [3.8, 4) is 0 Å². The molecule has 0 nitrogen and oxygen atoms in total. The molecule has 0 amide bonds. The maximum absolute atomic E-state index is 4.03. The summed E-state index contributed by atoms with van der Waals surface area (Å²) in [4.78, 5) is 0. The molecule has 0 aliphatic heterocycles. The van der Waals surface area contributed by atoms with E-state index < -0.39 is 0 Å². The van der Waals surface area contributed by atoms with E-state index in [4.69, 9.17) is 0 Å². The molecular formula is C2H6P2S. The van der Waals surface area contributed by atoms with Gasteiger partial charge in [0.05, 0.1) is 0 Å². The summed E-state index contributed by atoms with van der Waals surface area (Å²) in [5.74, 6) is 0. The van der Waals surface area contributed by atoms with Crippen molar-refractivity contribution in [1.29, 1.82) is 0 Å². The molecule has 0 aliphatic rings. The summed E-state index contributed by atoms with van der Waals surface area (Å²) in [6, 6.07) is 0. The third kappa shape index (κ3) is 5.08. The van der Waals surface area contributed by atoms with Crippen molar-refractivity contribution < 1.29 is 0 Å². The summed E-state index contributed by atoms with van der Waals surface area (Å²) in [7, 11) is 4.03. The quantitative estimate of drug-likeness (QED) is 0.372. The Balaban J connectivity index is 2.97. The SMILES string of the molecule is CCP(#P)S. The van der Waals surface area contributed by atoms with E-state index in [0.717, 1.165) is 6.16 Å². The molecule has 5 heavy (non-hydrogen) atoms. The van der Waals surface area contributed by atoms with Crippen LogP contribution in [-0.4, -0.2) is 6.16 Å². The average molecular weight is 124 g/mol. The minimum absolute atomic E-state index is 0.209. The molecule has 0 rings (SSSR count). The molecule has 0 aromatic carbocycles. The number of hydrogen-bond acceptors (Lipinski definition) is 1. The Kier molecular flexibility index (Phi) is 3.98. The second-order valence-corrected chi connectivity index (χ2v) is 5.91. The van der Waals surface area contributed by atoms with Crippen molar-refractivity contribution in [3.05, 3.63) is 0 Å². The molecular weight excluding hydrogens is 118 g/mol. The van der Waals surface area contributed by atoms with E-state index in [2.05, 4.69) is 27.5 Å². The van der Waals surface area contributed by atoms with E-state index in [1.165, 1.54) is 0 Å². The van der Waals surface area contributed by atoms with Gasteiger partial charge in [0.25, 0.3) is 0 Å². The molecule has 0 spiro atoms. The molecule has 0 aromatic heterocycles. The van der Waals surface area contributed by atoms with Gasteiger partial charge in [-0.15, -0.1) is 0 Å². The predicted molar refractivity (Wildman–Crippen MR) is 33.4 cm³/mol. The van der Waals surface area contributed by atoms with Gasteiger partial charge in [0, 0.05) is 0 Å². The molecule has 0 aromatic rings. The average Bonchev–Trinajstić information content (AvgIpc) is 1.38. The van der Waals surface area contributed by atoms with E-state index in [1.807, 2.05) is 0 Å². The standard InChI is InChI=1S/C2H6P2S/c1-2-4(3)5/h5H,2H2,1H3. The monoisotopic (exact) mass is 124 g/mol. The van der Waals surface area contributed by atoms with Crippen LogP contribution in [0.5, 0.6) is 0 Å². The summed E-state index contributed by atoms with van der Waals surface area (Å²) >= 11 is 4.03. The molecule has 1 atom stereocenters. The Morgan fingerprint density at radius 1 is 2.00 bits per heavy atom. The van der Waals surface area contributed by atoms with Crippen LogP contribution in [0.2, 0.25) is 0 Å². The van der Waals surface area contributed by atoms with Crippen molar-refractivity contribution in [3.63, 3.8) is 0 Å². The molecule has 1 unspecified atom stereocenters. The Bertz CT molecular complexity index is 69.5. The van der Waals surface area contributed by atoms with Crippen LogP contribution in [0.4, 0.5) is 0 Å². The van der Waals surface area contributed by atoms with Crippen molar-refractivity contribution >= 4 is 26.8 Å². The molecule has 30 valence electrons. The maximum atomic E-state index is 4.03. The summed E-state index contributed by atoms with van der Waals surface area (Å²) in [5, 5.41) is 0. The van der Waals surface area contributed by atoms with Crippen LogP contribution in [0.25, 0.3) is 0 Å². The Labute approximate surface area is 40.6 Å². The van der Waals surface area contributed by atoms with E-state index in [1.54, 1.807) is 0 Å². The van der Waals surface area contributed by atoms with Gasteiger partial charge in [-0.25, -0.2) is 0 Å². The van der Waals surface area contributed by atoms with Crippen LogP contribution in [0.15, 0.2) is 0 Å². The van der Waals surface area contributed by atoms with Crippen LogP contribution < -0.4 is 0 Å². The normalized spacial score (nSPS) is 11.0. The molecule has 0 saturated heterocycles. The molecule has 0 N–H and O–H groups in total. The molecule has 0 radical (unpaired) electrons. The van der Waals surface area contributed by atoms with E-state index in [9.17, 15) is 0 Å². The van der Waals surface area contributed by atoms with Crippen LogP contribution in [-0.2, 0) is 0 Å². The first-order chi connectivity index (χ1) is 2.27. The summed E-state index contributed by atoms with van der Waals surface area (Å²) in [6.45, 7) is 2.08. The fourth-order valence-corrected chi connectivity index (χ4v) is 0. The fraction of sp³-hybridized carbons (Fsp3) is 1.00. The summed E-state index contributed by atoms with van der Waals surface area (Å²) in [5.41, 5.74) is 0. The molecule has 0 fully saturated rings. The van der Waals surface area contributed by atoms with Crippen LogP contribution in [0.1, 0.15) is 6.92 Å². The predicted octanol–water partition coefficient (Wildman–Crippen LogP) is 2.66. The minimum atomic E-state index is -0.209. The topological polar surface area (TPSA) is 0 Å². The van der Waals surface area contributed by atoms with Crippen molar-refractivity contribution in [2.75, 3.05) is 6.16 Å². The van der Waals surface area contributed by atoms with Crippen LogP contribution in [0.3, 0.4) is 0 Å². The van der Waals surface area contributed by atoms with E-state index >= 15 is 0 Å². The van der Waals surface area contributed by atoms with Gasteiger partial charge in [-0.1, -0.05) is 0 Å². The van der Waals surface area contributed by atoms with Crippen LogP contribution in [0, 0.1) is 0 Å². The first-order valence-electron chi connectivity index (χ1n) is 1.42. The number of hydrogen-bond donors (Lipinski definition) is 1. The summed E-state index contributed by atoms with van der Waals surface area (Å²) in [6.07, 6.45) is 0.889. The van der Waals surface area contributed by atoms with Crippen molar-refractivity contribution in [1.82, 2.24) is 0 Å². The first-order valence-corrected chi connectivity index (χ1v) is 5.26. The van der Waals surface area contributed by atoms with Gasteiger partial charge in [0.2, 0.25) is 0 Å². The van der Waals surface area contributed by atoms with Gasteiger partial charge in [-0.3, -0.25) is 0 Å². The fourth-order valence-electron chi connectivity index (χ4n) is 0. The van der Waals surface area contributed by atoms with Crippen molar-refractivity contribution in [2.24, 2.45) is 0 Å².